The predicted molar refractivity (Wildman–Crippen MR) is 31.0 cm³/mol. The van der Waals surface area contributed by atoms with Crippen LogP contribution in [0.15, 0.2) is 10.4 Å². The van der Waals surface area contributed by atoms with Crippen LogP contribution in [-0.2, 0) is 14.8 Å². The number of nitrogens with one attached hydrogen (secondary N) is 1. The second-order valence-electron chi connectivity index (χ2n) is 1.42. The van der Waals surface area contributed by atoms with Gasteiger partial charge in [0, 0.05) is 6.08 Å². The second-order valence-corrected chi connectivity index (χ2v) is 3.70. The summed E-state index contributed by atoms with van der Waals surface area (Å²) in [4.78, 5) is 10.2. The number of halogens is 1. The van der Waals surface area contributed by atoms with Crippen molar-refractivity contribution in [1.82, 2.24) is 4.72 Å². The number of carbonyl (C=O) groups is 1. The van der Waals surface area contributed by atoms with Crippen LogP contribution in [0.3, 0.4) is 0 Å². The smallest absolute Gasteiger partial charge is 0.269 e. The van der Waals surface area contributed by atoms with Crippen LogP contribution in [0, 0.1) is 0 Å². The summed E-state index contributed by atoms with van der Waals surface area (Å²) >= 11 is 5.09. The summed E-state index contributed by atoms with van der Waals surface area (Å²) in [5.41, 5.74) is 0. The van der Waals surface area contributed by atoms with Crippen molar-refractivity contribution in [1.29, 1.82) is 0 Å². The van der Waals surface area contributed by atoms with Crippen molar-refractivity contribution < 1.29 is 13.2 Å². The average molecular weight is 168 g/mol. The van der Waals surface area contributed by atoms with E-state index >= 15 is 0 Å². The van der Waals surface area contributed by atoms with E-state index in [4.69, 9.17) is 11.6 Å². The first-order valence-corrected chi connectivity index (χ1v) is 3.82. The molecular formula is C3H2ClNO3S. The molecule has 0 radical (unpaired) electrons. The third-order valence-electron chi connectivity index (χ3n) is 0.736. The van der Waals surface area contributed by atoms with E-state index in [1.807, 2.05) is 0 Å². The summed E-state index contributed by atoms with van der Waals surface area (Å²) in [5.74, 6) is -0.694. The van der Waals surface area contributed by atoms with Gasteiger partial charge in [-0.15, -0.1) is 0 Å². The van der Waals surface area contributed by atoms with Gasteiger partial charge in [0.2, 0.25) is 0 Å². The summed E-state index contributed by atoms with van der Waals surface area (Å²) < 4.78 is 22.1. The number of hydrogen-bond acceptors (Lipinski definition) is 3. The van der Waals surface area contributed by atoms with Gasteiger partial charge in [0.05, 0.1) is 0 Å². The molecule has 0 unspecified atom stereocenters. The first kappa shape index (κ1) is 6.57. The lowest BCUT2D eigenvalue weighted by Gasteiger charge is -1.89. The van der Waals surface area contributed by atoms with Crippen LogP contribution in [0.5, 0.6) is 0 Å². The summed E-state index contributed by atoms with van der Waals surface area (Å²) in [6, 6.07) is 0. The maximum atomic E-state index is 10.4. The fourth-order valence-corrected chi connectivity index (χ4v) is 1.29. The zero-order chi connectivity index (χ0) is 7.07. The Morgan fingerprint density at radius 3 is 2.22 bits per heavy atom. The summed E-state index contributed by atoms with van der Waals surface area (Å²) in [7, 11) is -3.65. The molecule has 1 rings (SSSR count). The van der Waals surface area contributed by atoms with E-state index in [1.165, 1.54) is 0 Å². The molecule has 1 N–H and O–H groups in total. The lowest BCUT2D eigenvalue weighted by atomic mass is 10.6. The molecule has 1 amide bonds. The molecule has 0 aliphatic carbocycles. The lowest BCUT2D eigenvalue weighted by molar-refractivity contribution is -0.114. The van der Waals surface area contributed by atoms with E-state index in [0.717, 1.165) is 6.08 Å². The van der Waals surface area contributed by atoms with Crippen molar-refractivity contribution in [2.45, 2.75) is 0 Å². The highest BCUT2D eigenvalue weighted by atomic mass is 35.5. The minimum Gasteiger partial charge on any atom is -0.269 e. The molecular weight excluding hydrogens is 166 g/mol. The minimum absolute atomic E-state index is 0.451. The Morgan fingerprint density at radius 2 is 2.11 bits per heavy atom. The third kappa shape index (κ3) is 1.06. The molecule has 0 aromatic carbocycles. The van der Waals surface area contributed by atoms with Crippen molar-refractivity contribution in [2.24, 2.45) is 0 Å². The quantitative estimate of drug-likeness (QED) is 0.531. The van der Waals surface area contributed by atoms with E-state index in [-0.39, 0.29) is 0 Å². The topological polar surface area (TPSA) is 63.2 Å². The number of carbonyl (C=O) groups excluding carboxylic acids is 1. The van der Waals surface area contributed by atoms with Crippen LogP contribution in [0.2, 0.25) is 0 Å². The zero-order valence-corrected chi connectivity index (χ0v) is 5.66. The molecule has 0 atom stereocenters. The monoisotopic (exact) mass is 167 g/mol. The molecule has 1 aliphatic heterocycles. The van der Waals surface area contributed by atoms with E-state index in [1.54, 1.807) is 4.72 Å². The van der Waals surface area contributed by atoms with E-state index in [9.17, 15) is 13.2 Å². The zero-order valence-electron chi connectivity index (χ0n) is 4.09. The van der Waals surface area contributed by atoms with E-state index in [2.05, 4.69) is 0 Å². The van der Waals surface area contributed by atoms with Crippen LogP contribution in [0.4, 0.5) is 0 Å². The SMILES string of the molecule is O=C1C=C(Cl)S(=O)(=O)N1. The molecule has 1 heterocycles. The molecule has 0 aromatic rings. The van der Waals surface area contributed by atoms with E-state index < -0.39 is 20.3 Å². The first-order valence-electron chi connectivity index (χ1n) is 1.96. The Balaban J connectivity index is 3.19. The molecule has 0 bridgehead atoms. The summed E-state index contributed by atoms with van der Waals surface area (Å²) in [5, 5.41) is 0. The average Bonchev–Trinajstić information content (AvgIpc) is 1.79. The van der Waals surface area contributed by atoms with Crippen molar-refractivity contribution >= 4 is 27.5 Å². The number of sulfonamides is 1. The predicted octanol–water partition coefficient (Wildman–Crippen LogP) is -0.474. The highest BCUT2D eigenvalue weighted by Gasteiger charge is 2.25. The molecule has 6 heteroatoms. The van der Waals surface area contributed by atoms with Crippen LogP contribution in [0.25, 0.3) is 0 Å². The molecule has 0 fully saturated rings. The number of amides is 1. The molecule has 9 heavy (non-hydrogen) atoms. The Kier molecular flexibility index (Phi) is 1.25. The van der Waals surface area contributed by atoms with E-state index in [0.29, 0.717) is 0 Å². The Labute approximate surface area is 56.5 Å². The lowest BCUT2D eigenvalue weighted by Crippen LogP contribution is -2.21. The maximum Gasteiger partial charge on any atom is 0.275 e. The second kappa shape index (κ2) is 1.71. The van der Waals surface area contributed by atoms with Gasteiger partial charge in [0.25, 0.3) is 15.9 Å². The first-order chi connectivity index (χ1) is 4.02. The van der Waals surface area contributed by atoms with Gasteiger partial charge in [-0.2, -0.15) is 0 Å². The Hall–Kier alpha value is -0.550. The molecule has 4 nitrogen and oxygen atoms in total. The number of rotatable bonds is 0. The molecule has 50 valence electrons. The van der Waals surface area contributed by atoms with Gasteiger partial charge in [0.1, 0.15) is 0 Å². The van der Waals surface area contributed by atoms with Gasteiger partial charge in [0.15, 0.2) is 4.36 Å². The van der Waals surface area contributed by atoms with Gasteiger partial charge in [-0.05, 0) is 0 Å². The molecule has 0 saturated carbocycles. The molecule has 0 saturated heterocycles. The van der Waals surface area contributed by atoms with Gasteiger partial charge in [-0.3, -0.25) is 4.79 Å². The van der Waals surface area contributed by atoms with Crippen LogP contribution in [-0.4, -0.2) is 14.3 Å². The highest BCUT2D eigenvalue weighted by molar-refractivity contribution is 7.96. The van der Waals surface area contributed by atoms with Crippen LogP contribution >= 0.6 is 11.6 Å². The van der Waals surface area contributed by atoms with Gasteiger partial charge >= 0.3 is 0 Å². The Morgan fingerprint density at radius 1 is 1.56 bits per heavy atom. The van der Waals surface area contributed by atoms with Crippen molar-refractivity contribution in [2.75, 3.05) is 0 Å². The van der Waals surface area contributed by atoms with Crippen LogP contribution in [0.1, 0.15) is 0 Å². The normalized spacial score (nSPS) is 23.2. The molecule has 0 aromatic heterocycles. The summed E-state index contributed by atoms with van der Waals surface area (Å²) in [6.45, 7) is 0. The van der Waals surface area contributed by atoms with Gasteiger partial charge in [-0.1, -0.05) is 11.6 Å². The minimum atomic E-state index is -3.65. The number of hydrogen-bond donors (Lipinski definition) is 1. The van der Waals surface area contributed by atoms with Crippen molar-refractivity contribution in [3.63, 3.8) is 0 Å². The fourth-order valence-electron chi connectivity index (χ4n) is 0.391. The van der Waals surface area contributed by atoms with Crippen molar-refractivity contribution in [3.05, 3.63) is 10.4 Å². The summed E-state index contributed by atoms with van der Waals surface area (Å²) in [6.07, 6.45) is 0.816. The van der Waals surface area contributed by atoms with Gasteiger partial charge < -0.3 is 0 Å². The Bertz CT molecular complexity index is 277. The standard InChI is InChI=1S/C3H2ClNO3S/c4-2-1-3(6)5-9(2,7)8/h1H,(H,5,6). The highest BCUT2D eigenvalue weighted by Crippen LogP contribution is 2.14. The maximum absolute atomic E-state index is 10.4. The molecule has 1 aliphatic rings. The van der Waals surface area contributed by atoms with Crippen molar-refractivity contribution in [3.8, 4) is 0 Å². The van der Waals surface area contributed by atoms with Crippen LogP contribution < -0.4 is 4.72 Å². The van der Waals surface area contributed by atoms with Gasteiger partial charge in [-0.25, -0.2) is 13.1 Å². The fraction of sp³-hybridized carbons (Fsp3) is 0. The largest absolute Gasteiger partial charge is 0.275 e. The third-order valence-corrected chi connectivity index (χ3v) is 2.56. The molecule has 0 spiro atoms.